The van der Waals surface area contributed by atoms with E-state index in [1.807, 2.05) is 0 Å². The summed E-state index contributed by atoms with van der Waals surface area (Å²) in [6.07, 6.45) is -4.70. The monoisotopic (exact) mass is 389 g/mol. The number of anilines is 1. The van der Waals surface area contributed by atoms with E-state index >= 15 is 0 Å². The Morgan fingerprint density at radius 2 is 2.00 bits per heavy atom. The number of hydrogen-bond acceptors (Lipinski definition) is 4. The van der Waals surface area contributed by atoms with Crippen molar-refractivity contribution in [1.82, 2.24) is 10.2 Å². The Balaban J connectivity index is 2.04. The molecule has 0 aromatic heterocycles. The van der Waals surface area contributed by atoms with Crippen molar-refractivity contribution in [3.05, 3.63) is 23.8 Å². The molecule has 0 spiro atoms. The highest BCUT2D eigenvalue weighted by atomic mass is 32.2. The number of nitrogens with zero attached hydrogens (tertiary/aromatic N) is 1. The van der Waals surface area contributed by atoms with Gasteiger partial charge in [-0.15, -0.1) is 11.8 Å². The van der Waals surface area contributed by atoms with Crippen molar-refractivity contribution >= 4 is 35.2 Å². The molecule has 2 N–H and O–H groups in total. The third-order valence-corrected chi connectivity index (χ3v) is 4.96. The Hall–Kier alpha value is -2.23. The molecule has 0 saturated heterocycles. The van der Waals surface area contributed by atoms with Crippen LogP contribution in [0.2, 0.25) is 0 Å². The maximum absolute atomic E-state index is 12.7. The van der Waals surface area contributed by atoms with Gasteiger partial charge in [-0.05, 0) is 25.1 Å². The summed E-state index contributed by atoms with van der Waals surface area (Å²) in [5, 5.41) is 4.13. The van der Waals surface area contributed by atoms with E-state index in [2.05, 4.69) is 10.6 Å². The van der Waals surface area contributed by atoms with Gasteiger partial charge in [0.05, 0.1) is 16.5 Å². The van der Waals surface area contributed by atoms with Crippen LogP contribution < -0.4 is 10.6 Å². The van der Waals surface area contributed by atoms with Crippen molar-refractivity contribution in [2.24, 2.45) is 0 Å². The first-order chi connectivity index (χ1) is 12.0. The number of carbonyl (C=O) groups excluding carboxylic acids is 3. The zero-order valence-electron chi connectivity index (χ0n) is 14.3. The zero-order valence-corrected chi connectivity index (χ0v) is 15.1. The molecular formula is C16H18F3N3O3S. The standard InChI is InChI=1S/C16H18F3N3O3S/c1-8(15(25)22(2)3)20-13(23)7-12-14(24)21-10-6-9(16(17,18)19)4-5-11(10)26-12/h4-6,8,12H,7H2,1-3H3,(H,20,23)(H,21,24). The maximum Gasteiger partial charge on any atom is 0.416 e. The minimum atomic E-state index is -4.50. The molecule has 142 valence electrons. The highest BCUT2D eigenvalue weighted by Gasteiger charge is 2.34. The lowest BCUT2D eigenvalue weighted by Gasteiger charge is -2.25. The van der Waals surface area contributed by atoms with Crippen LogP contribution in [0.15, 0.2) is 23.1 Å². The lowest BCUT2D eigenvalue weighted by molar-refractivity contribution is -0.137. The summed E-state index contributed by atoms with van der Waals surface area (Å²) in [6, 6.07) is 2.33. The van der Waals surface area contributed by atoms with E-state index in [9.17, 15) is 27.6 Å². The van der Waals surface area contributed by atoms with Crippen molar-refractivity contribution in [3.8, 4) is 0 Å². The molecule has 1 aromatic rings. The Morgan fingerprint density at radius 1 is 1.35 bits per heavy atom. The highest BCUT2D eigenvalue weighted by molar-refractivity contribution is 8.01. The second-order valence-corrected chi connectivity index (χ2v) is 7.27. The molecule has 0 fully saturated rings. The smallest absolute Gasteiger partial charge is 0.347 e. The molecule has 1 heterocycles. The minimum Gasteiger partial charge on any atom is -0.347 e. The van der Waals surface area contributed by atoms with Gasteiger partial charge in [-0.1, -0.05) is 0 Å². The summed E-state index contributed by atoms with van der Waals surface area (Å²) in [7, 11) is 3.11. The summed E-state index contributed by atoms with van der Waals surface area (Å²) in [4.78, 5) is 37.7. The molecule has 0 saturated carbocycles. The molecule has 0 bridgehead atoms. The number of carbonyl (C=O) groups is 3. The van der Waals surface area contributed by atoms with E-state index in [-0.39, 0.29) is 18.0 Å². The number of halogens is 3. The van der Waals surface area contributed by atoms with Gasteiger partial charge in [-0.25, -0.2) is 0 Å². The van der Waals surface area contributed by atoms with Gasteiger partial charge in [0, 0.05) is 25.4 Å². The Labute approximate surface area is 152 Å². The summed E-state index contributed by atoms with van der Waals surface area (Å²) >= 11 is 1.02. The van der Waals surface area contributed by atoms with E-state index in [4.69, 9.17) is 0 Å². The molecule has 1 aliphatic rings. The fraction of sp³-hybridized carbons (Fsp3) is 0.438. The first-order valence-electron chi connectivity index (χ1n) is 7.68. The molecule has 2 unspecified atom stereocenters. The van der Waals surface area contributed by atoms with Gasteiger partial charge < -0.3 is 15.5 Å². The molecule has 0 aliphatic carbocycles. The van der Waals surface area contributed by atoms with E-state index in [0.29, 0.717) is 4.90 Å². The number of rotatable bonds is 4. The molecule has 2 rings (SSSR count). The van der Waals surface area contributed by atoms with Crippen LogP contribution >= 0.6 is 11.8 Å². The molecule has 2 atom stereocenters. The van der Waals surface area contributed by atoms with E-state index in [0.717, 1.165) is 23.9 Å². The van der Waals surface area contributed by atoms with E-state index in [1.54, 1.807) is 14.1 Å². The number of thioether (sulfide) groups is 1. The van der Waals surface area contributed by atoms with E-state index < -0.39 is 34.8 Å². The van der Waals surface area contributed by atoms with Gasteiger partial charge in [0.15, 0.2) is 0 Å². The number of alkyl halides is 3. The van der Waals surface area contributed by atoms with Crippen LogP contribution in [0.25, 0.3) is 0 Å². The maximum atomic E-state index is 12.7. The molecule has 0 radical (unpaired) electrons. The van der Waals surface area contributed by atoms with Crippen LogP contribution in [0.3, 0.4) is 0 Å². The predicted molar refractivity (Wildman–Crippen MR) is 90.6 cm³/mol. The van der Waals surface area contributed by atoms with Gasteiger partial charge in [0.2, 0.25) is 17.7 Å². The van der Waals surface area contributed by atoms with Crippen molar-refractivity contribution in [3.63, 3.8) is 0 Å². The van der Waals surface area contributed by atoms with Crippen LogP contribution in [0.1, 0.15) is 18.9 Å². The fourth-order valence-corrected chi connectivity index (χ4v) is 3.47. The molecule has 10 heteroatoms. The van der Waals surface area contributed by atoms with Gasteiger partial charge in [0.25, 0.3) is 0 Å². The molecule has 1 aromatic carbocycles. The van der Waals surface area contributed by atoms with Crippen molar-refractivity contribution in [1.29, 1.82) is 0 Å². The summed E-state index contributed by atoms with van der Waals surface area (Å²) in [6.45, 7) is 1.53. The lowest BCUT2D eigenvalue weighted by Crippen LogP contribution is -2.45. The van der Waals surface area contributed by atoms with Crippen molar-refractivity contribution < 1.29 is 27.6 Å². The van der Waals surface area contributed by atoms with Crippen LogP contribution in [0, 0.1) is 0 Å². The van der Waals surface area contributed by atoms with Gasteiger partial charge in [-0.2, -0.15) is 13.2 Å². The predicted octanol–water partition coefficient (Wildman–Crippen LogP) is 2.10. The normalized spacial score (nSPS) is 17.8. The highest BCUT2D eigenvalue weighted by Crippen LogP contribution is 2.40. The van der Waals surface area contributed by atoms with Crippen LogP contribution in [0.5, 0.6) is 0 Å². The molecule has 3 amide bonds. The van der Waals surface area contributed by atoms with Gasteiger partial charge in [-0.3, -0.25) is 14.4 Å². The fourth-order valence-electron chi connectivity index (χ4n) is 2.38. The number of fused-ring (bicyclic) bond motifs is 1. The first-order valence-corrected chi connectivity index (χ1v) is 8.56. The second kappa shape index (κ2) is 7.56. The van der Waals surface area contributed by atoms with Crippen LogP contribution in [0.4, 0.5) is 18.9 Å². The minimum absolute atomic E-state index is 0.0719. The average Bonchev–Trinajstić information content (AvgIpc) is 2.53. The van der Waals surface area contributed by atoms with Crippen LogP contribution in [-0.2, 0) is 20.6 Å². The van der Waals surface area contributed by atoms with Gasteiger partial charge in [0.1, 0.15) is 6.04 Å². The number of hydrogen-bond donors (Lipinski definition) is 2. The number of amides is 3. The van der Waals surface area contributed by atoms with E-state index in [1.165, 1.54) is 17.9 Å². The largest absolute Gasteiger partial charge is 0.416 e. The topological polar surface area (TPSA) is 78.5 Å². The first kappa shape index (κ1) is 20.1. The zero-order chi connectivity index (χ0) is 19.6. The van der Waals surface area contributed by atoms with Crippen molar-refractivity contribution in [2.45, 2.75) is 35.7 Å². The third-order valence-electron chi connectivity index (χ3n) is 3.69. The molecule has 1 aliphatic heterocycles. The van der Waals surface area contributed by atoms with Gasteiger partial charge >= 0.3 is 6.18 Å². The Kier molecular flexibility index (Phi) is 5.84. The summed E-state index contributed by atoms with van der Waals surface area (Å²) in [5.41, 5.74) is -0.785. The quantitative estimate of drug-likeness (QED) is 0.827. The summed E-state index contributed by atoms with van der Waals surface area (Å²) in [5.74, 6) is -1.33. The Morgan fingerprint density at radius 3 is 2.58 bits per heavy atom. The Bertz CT molecular complexity index is 737. The number of likely N-dealkylation sites (N-methyl/N-ethyl adjacent to an activating group) is 1. The SMILES string of the molecule is CC(NC(=O)CC1Sc2ccc(C(F)(F)F)cc2NC1=O)C(=O)N(C)C. The van der Waals surface area contributed by atoms with Crippen LogP contribution in [-0.4, -0.2) is 48.0 Å². The second-order valence-electron chi connectivity index (χ2n) is 6.03. The molecular weight excluding hydrogens is 371 g/mol. The number of benzene rings is 1. The van der Waals surface area contributed by atoms with Crippen molar-refractivity contribution in [2.75, 3.05) is 19.4 Å². The average molecular weight is 389 g/mol. The number of nitrogens with one attached hydrogen (secondary N) is 2. The third kappa shape index (κ3) is 4.69. The molecule has 26 heavy (non-hydrogen) atoms. The summed E-state index contributed by atoms with van der Waals surface area (Å²) < 4.78 is 38.2. The molecule has 6 nitrogen and oxygen atoms in total. The lowest BCUT2D eigenvalue weighted by atomic mass is 10.1.